The zero-order chi connectivity index (χ0) is 5.40. The van der Waals surface area contributed by atoms with Crippen molar-refractivity contribution >= 4 is 11.8 Å². The molecule has 0 N–H and O–H groups in total. The molecule has 46 valence electrons. The second kappa shape index (κ2) is 1.94. The van der Waals surface area contributed by atoms with Crippen LogP contribution in [-0.4, -0.2) is 10.5 Å². The highest BCUT2D eigenvalue weighted by atomic mass is 32.2. The van der Waals surface area contributed by atoms with Gasteiger partial charge >= 0.3 is 0 Å². The summed E-state index contributed by atoms with van der Waals surface area (Å²) in [5.74, 6) is 0. The lowest BCUT2D eigenvalue weighted by Gasteiger charge is -1.90. The monoisotopic (exact) mass is 128 g/mol. The Morgan fingerprint density at radius 3 is 2.12 bits per heavy atom. The average Bonchev–Trinajstić information content (AvgIpc) is 2.36. The van der Waals surface area contributed by atoms with Crippen molar-refractivity contribution in [2.45, 2.75) is 42.6 Å². The van der Waals surface area contributed by atoms with E-state index in [1.807, 2.05) is 0 Å². The van der Waals surface area contributed by atoms with Crippen LogP contribution in [0.1, 0.15) is 32.1 Å². The third-order valence-corrected chi connectivity index (χ3v) is 3.68. The minimum absolute atomic E-state index is 1.11. The van der Waals surface area contributed by atoms with Gasteiger partial charge < -0.3 is 0 Å². The number of thioether (sulfide) groups is 1. The predicted molar refractivity (Wildman–Crippen MR) is 38.3 cm³/mol. The van der Waals surface area contributed by atoms with Crippen molar-refractivity contribution in [3.8, 4) is 0 Å². The molecule has 1 aliphatic carbocycles. The van der Waals surface area contributed by atoms with Crippen LogP contribution in [0.15, 0.2) is 0 Å². The van der Waals surface area contributed by atoms with E-state index in [1.54, 1.807) is 0 Å². The first-order chi connectivity index (χ1) is 3.97. The summed E-state index contributed by atoms with van der Waals surface area (Å²) < 4.78 is 0. The smallest absolute Gasteiger partial charge is 0.0169 e. The molecular formula is C7H12S. The molecule has 1 heterocycles. The summed E-state index contributed by atoms with van der Waals surface area (Å²) in [5, 5.41) is 2.22. The van der Waals surface area contributed by atoms with E-state index in [0.29, 0.717) is 0 Å². The highest BCUT2D eigenvalue weighted by molar-refractivity contribution is 8.07. The topological polar surface area (TPSA) is 0 Å². The third kappa shape index (κ3) is 0.883. The van der Waals surface area contributed by atoms with Gasteiger partial charge in [0.2, 0.25) is 0 Å². The Kier molecular flexibility index (Phi) is 1.25. The number of hydrogen-bond donors (Lipinski definition) is 0. The van der Waals surface area contributed by atoms with Gasteiger partial charge in [-0.1, -0.05) is 19.3 Å². The van der Waals surface area contributed by atoms with E-state index < -0.39 is 0 Å². The van der Waals surface area contributed by atoms with Gasteiger partial charge in [-0.25, -0.2) is 0 Å². The Morgan fingerprint density at radius 1 is 0.875 bits per heavy atom. The quantitative estimate of drug-likeness (QED) is 0.451. The molecule has 0 aromatic carbocycles. The SMILES string of the molecule is C1CCC2SC2CC1. The van der Waals surface area contributed by atoms with E-state index in [4.69, 9.17) is 0 Å². The minimum atomic E-state index is 1.11. The zero-order valence-electron chi connectivity index (χ0n) is 5.10. The number of hydrogen-bond acceptors (Lipinski definition) is 1. The molecule has 8 heavy (non-hydrogen) atoms. The molecule has 0 bridgehead atoms. The molecule has 0 aromatic heterocycles. The van der Waals surface area contributed by atoms with E-state index in [9.17, 15) is 0 Å². The van der Waals surface area contributed by atoms with E-state index in [0.717, 1.165) is 10.5 Å². The molecular weight excluding hydrogens is 116 g/mol. The van der Waals surface area contributed by atoms with Crippen molar-refractivity contribution in [1.29, 1.82) is 0 Å². The number of rotatable bonds is 0. The normalized spacial score (nSPS) is 45.0. The van der Waals surface area contributed by atoms with Crippen molar-refractivity contribution in [1.82, 2.24) is 0 Å². The molecule has 0 amide bonds. The zero-order valence-corrected chi connectivity index (χ0v) is 5.91. The Hall–Kier alpha value is 0.350. The van der Waals surface area contributed by atoms with Crippen LogP contribution in [0.4, 0.5) is 0 Å². The standard InChI is InChI=1S/C7H12S/c1-2-4-6-7(8-6)5-3-1/h6-7H,1-5H2. The van der Waals surface area contributed by atoms with Crippen LogP contribution in [0.2, 0.25) is 0 Å². The summed E-state index contributed by atoms with van der Waals surface area (Å²) >= 11 is 2.21. The van der Waals surface area contributed by atoms with Gasteiger partial charge in [0, 0.05) is 10.5 Å². The van der Waals surface area contributed by atoms with Gasteiger partial charge in [0.15, 0.2) is 0 Å². The van der Waals surface area contributed by atoms with Gasteiger partial charge in [-0.05, 0) is 12.8 Å². The Labute approximate surface area is 55.0 Å². The second-order valence-electron chi connectivity index (χ2n) is 2.85. The summed E-state index contributed by atoms with van der Waals surface area (Å²) in [5.41, 5.74) is 0. The van der Waals surface area contributed by atoms with Crippen LogP contribution >= 0.6 is 11.8 Å². The van der Waals surface area contributed by atoms with Crippen LogP contribution in [-0.2, 0) is 0 Å². The highest BCUT2D eigenvalue weighted by Crippen LogP contribution is 2.49. The van der Waals surface area contributed by atoms with Gasteiger partial charge in [0.25, 0.3) is 0 Å². The fourth-order valence-electron chi connectivity index (χ4n) is 1.55. The van der Waals surface area contributed by atoms with E-state index in [-0.39, 0.29) is 0 Å². The molecule has 1 saturated carbocycles. The van der Waals surface area contributed by atoms with Crippen LogP contribution in [0, 0.1) is 0 Å². The largest absolute Gasteiger partial charge is 0.153 e. The molecule has 1 saturated heterocycles. The van der Waals surface area contributed by atoms with Crippen molar-refractivity contribution in [2.75, 3.05) is 0 Å². The number of fused-ring (bicyclic) bond motifs is 1. The van der Waals surface area contributed by atoms with Crippen molar-refractivity contribution in [3.05, 3.63) is 0 Å². The summed E-state index contributed by atoms with van der Waals surface area (Å²) in [6.45, 7) is 0. The second-order valence-corrected chi connectivity index (χ2v) is 4.33. The van der Waals surface area contributed by atoms with E-state index in [2.05, 4.69) is 11.8 Å². The van der Waals surface area contributed by atoms with Crippen molar-refractivity contribution in [3.63, 3.8) is 0 Å². The molecule has 0 nitrogen and oxygen atoms in total. The maximum atomic E-state index is 2.21. The molecule has 0 radical (unpaired) electrons. The van der Waals surface area contributed by atoms with Gasteiger partial charge in [-0.3, -0.25) is 0 Å². The Balaban J connectivity index is 1.89. The fraction of sp³-hybridized carbons (Fsp3) is 1.00. The predicted octanol–water partition coefficient (Wildman–Crippen LogP) is 2.43. The maximum Gasteiger partial charge on any atom is 0.0169 e. The maximum absolute atomic E-state index is 2.21. The fourth-order valence-corrected chi connectivity index (χ4v) is 2.79. The van der Waals surface area contributed by atoms with Crippen LogP contribution in [0.25, 0.3) is 0 Å². The Bertz CT molecular complexity index is 80.4. The van der Waals surface area contributed by atoms with Gasteiger partial charge in [0.05, 0.1) is 0 Å². The first kappa shape index (κ1) is 5.16. The van der Waals surface area contributed by atoms with Crippen LogP contribution in [0.5, 0.6) is 0 Å². The van der Waals surface area contributed by atoms with Crippen molar-refractivity contribution in [2.24, 2.45) is 0 Å². The highest BCUT2D eigenvalue weighted by Gasteiger charge is 2.37. The van der Waals surface area contributed by atoms with Crippen LogP contribution in [0.3, 0.4) is 0 Å². The molecule has 0 aromatic rings. The van der Waals surface area contributed by atoms with Crippen LogP contribution < -0.4 is 0 Å². The Morgan fingerprint density at radius 2 is 1.50 bits per heavy atom. The molecule has 2 unspecified atom stereocenters. The molecule has 2 rings (SSSR count). The lowest BCUT2D eigenvalue weighted by atomic mass is 10.2. The lowest BCUT2D eigenvalue weighted by Crippen LogP contribution is -1.87. The molecule has 1 aliphatic heterocycles. The minimum Gasteiger partial charge on any atom is -0.153 e. The first-order valence-corrected chi connectivity index (χ1v) is 4.56. The van der Waals surface area contributed by atoms with Gasteiger partial charge in [-0.15, -0.1) is 0 Å². The van der Waals surface area contributed by atoms with E-state index in [1.165, 1.54) is 32.1 Å². The van der Waals surface area contributed by atoms with Gasteiger partial charge in [0.1, 0.15) is 0 Å². The van der Waals surface area contributed by atoms with Crippen molar-refractivity contribution < 1.29 is 0 Å². The molecule has 2 aliphatic rings. The summed E-state index contributed by atoms with van der Waals surface area (Å²) in [6.07, 6.45) is 7.57. The molecule has 2 atom stereocenters. The summed E-state index contributed by atoms with van der Waals surface area (Å²) in [4.78, 5) is 0. The third-order valence-electron chi connectivity index (χ3n) is 2.16. The summed E-state index contributed by atoms with van der Waals surface area (Å²) in [7, 11) is 0. The first-order valence-electron chi connectivity index (χ1n) is 3.62. The summed E-state index contributed by atoms with van der Waals surface area (Å²) in [6, 6.07) is 0. The lowest BCUT2D eigenvalue weighted by molar-refractivity contribution is 0.700. The molecule has 0 spiro atoms. The molecule has 1 heteroatoms. The molecule has 2 fully saturated rings. The van der Waals surface area contributed by atoms with Gasteiger partial charge in [-0.2, -0.15) is 11.8 Å². The average molecular weight is 128 g/mol. The van der Waals surface area contributed by atoms with E-state index >= 15 is 0 Å².